The molecular weight excluding hydrogens is 260 g/mol. The summed E-state index contributed by atoms with van der Waals surface area (Å²) < 4.78 is 0. The van der Waals surface area contributed by atoms with Crippen molar-refractivity contribution >= 4 is 17.5 Å². The van der Waals surface area contributed by atoms with Gasteiger partial charge in [0.1, 0.15) is 5.15 Å². The molecule has 4 heteroatoms. The fourth-order valence-corrected chi connectivity index (χ4v) is 2.96. The second-order valence-electron chi connectivity index (χ2n) is 5.32. The standard InChI is InChI=1S/C15H21ClN2O/c1-3-12-5-4-7-18(8-6-12)15(19)13-9-11(2)17-14(16)10-13/h9-10,12H,3-8H2,1-2H3. The van der Waals surface area contributed by atoms with Gasteiger partial charge in [0.05, 0.1) is 0 Å². The van der Waals surface area contributed by atoms with Crippen molar-refractivity contribution in [3.63, 3.8) is 0 Å². The molecule has 0 aliphatic carbocycles. The Labute approximate surface area is 120 Å². The summed E-state index contributed by atoms with van der Waals surface area (Å²) in [5.74, 6) is 0.852. The van der Waals surface area contributed by atoms with Crippen molar-refractivity contribution in [2.45, 2.75) is 39.5 Å². The first-order chi connectivity index (χ1) is 9.10. The maximum Gasteiger partial charge on any atom is 0.254 e. The van der Waals surface area contributed by atoms with Crippen molar-refractivity contribution in [1.29, 1.82) is 0 Å². The van der Waals surface area contributed by atoms with Gasteiger partial charge in [-0.25, -0.2) is 4.98 Å². The largest absolute Gasteiger partial charge is 0.339 e. The third-order valence-electron chi connectivity index (χ3n) is 3.88. The minimum Gasteiger partial charge on any atom is -0.339 e. The number of aryl methyl sites for hydroxylation is 1. The normalized spacial score (nSPS) is 20.2. The third kappa shape index (κ3) is 3.69. The minimum atomic E-state index is 0.0872. The Kier molecular flexibility index (Phi) is 4.81. The highest BCUT2D eigenvalue weighted by molar-refractivity contribution is 6.29. The van der Waals surface area contributed by atoms with Gasteiger partial charge in [-0.1, -0.05) is 24.9 Å². The lowest BCUT2D eigenvalue weighted by Crippen LogP contribution is -2.32. The van der Waals surface area contributed by atoms with E-state index < -0.39 is 0 Å². The van der Waals surface area contributed by atoms with E-state index in [0.29, 0.717) is 10.7 Å². The van der Waals surface area contributed by atoms with Gasteiger partial charge in [-0.3, -0.25) is 4.79 Å². The molecule has 3 nitrogen and oxygen atoms in total. The molecule has 2 rings (SSSR count). The Hall–Kier alpha value is -1.09. The molecule has 1 aromatic rings. The zero-order chi connectivity index (χ0) is 13.8. The third-order valence-corrected chi connectivity index (χ3v) is 4.07. The van der Waals surface area contributed by atoms with Gasteiger partial charge in [-0.2, -0.15) is 0 Å². The van der Waals surface area contributed by atoms with Crippen LogP contribution in [0.15, 0.2) is 12.1 Å². The van der Waals surface area contributed by atoms with Crippen LogP contribution in [0.2, 0.25) is 5.15 Å². The molecule has 1 unspecified atom stereocenters. The van der Waals surface area contributed by atoms with Crippen LogP contribution < -0.4 is 0 Å². The van der Waals surface area contributed by atoms with Gasteiger partial charge in [0.15, 0.2) is 0 Å². The van der Waals surface area contributed by atoms with Crippen molar-refractivity contribution < 1.29 is 4.79 Å². The van der Waals surface area contributed by atoms with E-state index in [0.717, 1.165) is 37.5 Å². The van der Waals surface area contributed by atoms with Crippen LogP contribution in [0, 0.1) is 12.8 Å². The molecule has 1 atom stereocenters. The number of amides is 1. The number of carbonyl (C=O) groups excluding carboxylic acids is 1. The monoisotopic (exact) mass is 280 g/mol. The summed E-state index contributed by atoms with van der Waals surface area (Å²) in [7, 11) is 0. The molecule has 0 saturated carbocycles. The Bertz CT molecular complexity index is 441. The number of nitrogens with zero attached hydrogens (tertiary/aromatic N) is 2. The van der Waals surface area contributed by atoms with E-state index in [-0.39, 0.29) is 5.91 Å². The summed E-state index contributed by atoms with van der Waals surface area (Å²) in [5.41, 5.74) is 1.45. The maximum absolute atomic E-state index is 12.5. The lowest BCUT2D eigenvalue weighted by atomic mass is 9.98. The topological polar surface area (TPSA) is 33.2 Å². The summed E-state index contributed by atoms with van der Waals surface area (Å²) in [6, 6.07) is 3.48. The van der Waals surface area contributed by atoms with Crippen LogP contribution in [0.4, 0.5) is 0 Å². The number of likely N-dealkylation sites (tertiary alicyclic amines) is 1. The average molecular weight is 281 g/mol. The number of pyridine rings is 1. The van der Waals surface area contributed by atoms with Crippen LogP contribution in [0.3, 0.4) is 0 Å². The van der Waals surface area contributed by atoms with Gasteiger partial charge >= 0.3 is 0 Å². The van der Waals surface area contributed by atoms with Gasteiger partial charge in [0.25, 0.3) is 5.91 Å². The zero-order valence-corrected chi connectivity index (χ0v) is 12.4. The van der Waals surface area contributed by atoms with E-state index in [2.05, 4.69) is 11.9 Å². The first-order valence-corrected chi connectivity index (χ1v) is 7.41. The van der Waals surface area contributed by atoms with E-state index in [1.807, 2.05) is 17.9 Å². The first-order valence-electron chi connectivity index (χ1n) is 7.03. The van der Waals surface area contributed by atoms with Crippen molar-refractivity contribution in [1.82, 2.24) is 9.88 Å². The number of carbonyl (C=O) groups is 1. The molecule has 104 valence electrons. The van der Waals surface area contributed by atoms with Crippen molar-refractivity contribution in [3.8, 4) is 0 Å². The fraction of sp³-hybridized carbons (Fsp3) is 0.600. The zero-order valence-electron chi connectivity index (χ0n) is 11.7. The molecular formula is C15H21ClN2O. The second-order valence-corrected chi connectivity index (χ2v) is 5.70. The molecule has 0 aromatic carbocycles. The van der Waals surface area contributed by atoms with E-state index >= 15 is 0 Å². The minimum absolute atomic E-state index is 0.0872. The van der Waals surface area contributed by atoms with Crippen molar-refractivity contribution in [2.75, 3.05) is 13.1 Å². The van der Waals surface area contributed by atoms with Crippen LogP contribution >= 0.6 is 11.6 Å². The van der Waals surface area contributed by atoms with E-state index in [9.17, 15) is 4.79 Å². The molecule has 1 aliphatic rings. The molecule has 1 aromatic heterocycles. The number of hydrogen-bond acceptors (Lipinski definition) is 2. The van der Waals surface area contributed by atoms with Crippen LogP contribution in [-0.4, -0.2) is 28.9 Å². The molecule has 0 N–H and O–H groups in total. The summed E-state index contributed by atoms with van der Waals surface area (Å²) >= 11 is 5.93. The van der Waals surface area contributed by atoms with E-state index in [4.69, 9.17) is 11.6 Å². The van der Waals surface area contributed by atoms with E-state index in [1.54, 1.807) is 6.07 Å². The van der Waals surface area contributed by atoms with Gasteiger partial charge < -0.3 is 4.90 Å². The molecule has 1 saturated heterocycles. The Balaban J connectivity index is 2.10. The number of hydrogen-bond donors (Lipinski definition) is 0. The predicted molar refractivity (Wildman–Crippen MR) is 77.5 cm³/mol. The highest BCUT2D eigenvalue weighted by Crippen LogP contribution is 2.22. The van der Waals surface area contributed by atoms with Crippen molar-refractivity contribution in [3.05, 3.63) is 28.5 Å². The van der Waals surface area contributed by atoms with Gasteiger partial charge in [0.2, 0.25) is 0 Å². The lowest BCUT2D eigenvalue weighted by molar-refractivity contribution is 0.0759. The highest BCUT2D eigenvalue weighted by atomic mass is 35.5. The maximum atomic E-state index is 12.5. The Morgan fingerprint density at radius 3 is 2.89 bits per heavy atom. The SMILES string of the molecule is CCC1CCCN(C(=O)c2cc(C)nc(Cl)c2)CC1. The lowest BCUT2D eigenvalue weighted by Gasteiger charge is -2.21. The predicted octanol–water partition coefficient (Wildman–Crippen LogP) is 3.70. The molecule has 1 aliphatic heterocycles. The molecule has 0 spiro atoms. The Morgan fingerprint density at radius 2 is 2.21 bits per heavy atom. The Morgan fingerprint density at radius 1 is 1.42 bits per heavy atom. The molecule has 0 radical (unpaired) electrons. The van der Waals surface area contributed by atoms with Crippen LogP contribution in [-0.2, 0) is 0 Å². The van der Waals surface area contributed by atoms with Crippen LogP contribution in [0.1, 0.15) is 48.7 Å². The van der Waals surface area contributed by atoms with E-state index in [1.165, 1.54) is 12.8 Å². The molecule has 1 fully saturated rings. The highest BCUT2D eigenvalue weighted by Gasteiger charge is 2.21. The summed E-state index contributed by atoms with van der Waals surface area (Å²) in [6.45, 7) is 5.80. The number of halogens is 1. The first kappa shape index (κ1) is 14.3. The number of aromatic nitrogens is 1. The van der Waals surface area contributed by atoms with Gasteiger partial charge in [0, 0.05) is 24.3 Å². The van der Waals surface area contributed by atoms with Gasteiger partial charge in [-0.15, -0.1) is 0 Å². The molecule has 2 heterocycles. The smallest absolute Gasteiger partial charge is 0.254 e. The average Bonchev–Trinajstić information content (AvgIpc) is 2.61. The van der Waals surface area contributed by atoms with Gasteiger partial charge in [-0.05, 0) is 44.2 Å². The van der Waals surface area contributed by atoms with Crippen LogP contribution in [0.5, 0.6) is 0 Å². The summed E-state index contributed by atoms with van der Waals surface area (Å²) in [4.78, 5) is 18.6. The second kappa shape index (κ2) is 6.38. The summed E-state index contributed by atoms with van der Waals surface area (Å²) in [6.07, 6.45) is 4.65. The molecule has 1 amide bonds. The number of rotatable bonds is 2. The molecule has 19 heavy (non-hydrogen) atoms. The summed E-state index contributed by atoms with van der Waals surface area (Å²) in [5, 5.41) is 0.393. The fourth-order valence-electron chi connectivity index (χ4n) is 2.71. The van der Waals surface area contributed by atoms with Crippen molar-refractivity contribution in [2.24, 2.45) is 5.92 Å². The quantitative estimate of drug-likeness (QED) is 0.774. The van der Waals surface area contributed by atoms with Crippen LogP contribution in [0.25, 0.3) is 0 Å². The molecule has 0 bridgehead atoms.